The third kappa shape index (κ3) is 2.24. The van der Waals surface area contributed by atoms with Crippen molar-refractivity contribution in [3.05, 3.63) is 34.1 Å². The highest BCUT2D eigenvalue weighted by atomic mass is 35.5. The van der Waals surface area contributed by atoms with E-state index in [-0.39, 0.29) is 5.82 Å². The lowest BCUT2D eigenvalue weighted by Crippen LogP contribution is -2.12. The molecule has 0 atom stereocenters. The van der Waals surface area contributed by atoms with E-state index < -0.39 is 0 Å². The zero-order valence-corrected chi connectivity index (χ0v) is 10.6. The molecule has 0 saturated heterocycles. The van der Waals surface area contributed by atoms with Crippen molar-refractivity contribution in [2.45, 2.75) is 45.4 Å². The van der Waals surface area contributed by atoms with Gasteiger partial charge in [-0.3, -0.25) is 0 Å². The van der Waals surface area contributed by atoms with E-state index in [4.69, 9.17) is 11.6 Å². The van der Waals surface area contributed by atoms with Gasteiger partial charge in [0.2, 0.25) is 0 Å². The fourth-order valence-electron chi connectivity index (χ4n) is 2.55. The number of hydrogen-bond acceptors (Lipinski definition) is 0. The first-order valence-electron chi connectivity index (χ1n) is 6.04. The van der Waals surface area contributed by atoms with Crippen LogP contribution in [-0.2, 0) is 0 Å². The predicted molar refractivity (Wildman–Crippen MR) is 66.5 cm³/mol. The highest BCUT2D eigenvalue weighted by Gasteiger charge is 2.23. The van der Waals surface area contributed by atoms with E-state index in [2.05, 4.69) is 6.92 Å². The standard InChI is InChI=1S/C14H18ClF/c1-9-3-6-11(7-4-9)12-8-5-10(2)13(15)14(12)16/h5,8-9,11H,3-4,6-7H2,1-2H3. The second-order valence-electron chi connectivity index (χ2n) is 5.06. The monoisotopic (exact) mass is 240 g/mol. The van der Waals surface area contributed by atoms with Crippen molar-refractivity contribution in [2.24, 2.45) is 5.92 Å². The molecule has 1 saturated carbocycles. The minimum Gasteiger partial charge on any atom is -0.205 e. The smallest absolute Gasteiger partial charge is 0.145 e. The topological polar surface area (TPSA) is 0 Å². The van der Waals surface area contributed by atoms with Crippen LogP contribution in [0.5, 0.6) is 0 Å². The molecule has 0 heterocycles. The first kappa shape index (κ1) is 11.9. The Hall–Kier alpha value is -0.560. The maximum atomic E-state index is 14.0. The minimum atomic E-state index is -0.193. The molecule has 88 valence electrons. The molecule has 0 nitrogen and oxygen atoms in total. The van der Waals surface area contributed by atoms with E-state index in [0.29, 0.717) is 10.9 Å². The van der Waals surface area contributed by atoms with E-state index >= 15 is 0 Å². The second kappa shape index (κ2) is 4.75. The van der Waals surface area contributed by atoms with Crippen LogP contribution in [0.25, 0.3) is 0 Å². The molecule has 0 aliphatic heterocycles. The lowest BCUT2D eigenvalue weighted by atomic mass is 9.79. The molecule has 16 heavy (non-hydrogen) atoms. The number of benzene rings is 1. The van der Waals surface area contributed by atoms with Gasteiger partial charge in [0.15, 0.2) is 0 Å². The van der Waals surface area contributed by atoms with E-state index in [9.17, 15) is 4.39 Å². The van der Waals surface area contributed by atoms with Crippen molar-refractivity contribution in [1.29, 1.82) is 0 Å². The summed E-state index contributed by atoms with van der Waals surface area (Å²) in [4.78, 5) is 0. The summed E-state index contributed by atoms with van der Waals surface area (Å²) < 4.78 is 14.0. The summed E-state index contributed by atoms with van der Waals surface area (Å²) in [7, 11) is 0. The lowest BCUT2D eigenvalue weighted by Gasteiger charge is -2.27. The van der Waals surface area contributed by atoms with Gasteiger partial charge < -0.3 is 0 Å². The number of aryl methyl sites for hydroxylation is 1. The molecule has 2 rings (SSSR count). The molecule has 0 spiro atoms. The zero-order chi connectivity index (χ0) is 11.7. The third-order valence-corrected chi connectivity index (χ3v) is 4.22. The van der Waals surface area contributed by atoms with E-state index in [0.717, 1.165) is 29.9 Å². The van der Waals surface area contributed by atoms with Crippen molar-refractivity contribution in [2.75, 3.05) is 0 Å². The Balaban J connectivity index is 2.24. The van der Waals surface area contributed by atoms with Gasteiger partial charge in [-0.15, -0.1) is 0 Å². The molecule has 1 aromatic rings. The number of rotatable bonds is 1. The normalized spacial score (nSPS) is 25.8. The summed E-state index contributed by atoms with van der Waals surface area (Å²) in [5.74, 6) is 0.968. The van der Waals surface area contributed by atoms with Gasteiger partial charge in [-0.2, -0.15) is 0 Å². The van der Waals surface area contributed by atoms with Crippen LogP contribution in [0, 0.1) is 18.7 Å². The Kier molecular flexibility index (Phi) is 3.53. The fraction of sp³-hybridized carbons (Fsp3) is 0.571. The Morgan fingerprint density at radius 3 is 2.44 bits per heavy atom. The average molecular weight is 241 g/mol. The van der Waals surface area contributed by atoms with Crippen LogP contribution in [0.4, 0.5) is 4.39 Å². The maximum Gasteiger partial charge on any atom is 0.145 e. The summed E-state index contributed by atoms with van der Waals surface area (Å²) in [5.41, 5.74) is 1.65. The first-order valence-corrected chi connectivity index (χ1v) is 6.42. The maximum absolute atomic E-state index is 14.0. The minimum absolute atomic E-state index is 0.193. The van der Waals surface area contributed by atoms with Crippen LogP contribution in [0.1, 0.15) is 49.7 Å². The van der Waals surface area contributed by atoms with E-state index in [1.165, 1.54) is 12.8 Å². The lowest BCUT2D eigenvalue weighted by molar-refractivity contribution is 0.342. The fourth-order valence-corrected chi connectivity index (χ4v) is 2.72. The molecule has 0 radical (unpaired) electrons. The average Bonchev–Trinajstić information content (AvgIpc) is 2.28. The Bertz CT molecular complexity index is 379. The van der Waals surface area contributed by atoms with E-state index in [1.807, 2.05) is 19.1 Å². The second-order valence-corrected chi connectivity index (χ2v) is 5.43. The summed E-state index contributed by atoms with van der Waals surface area (Å²) in [5, 5.41) is 0.302. The van der Waals surface area contributed by atoms with Crippen LogP contribution < -0.4 is 0 Å². The van der Waals surface area contributed by atoms with Crippen molar-refractivity contribution in [3.63, 3.8) is 0 Å². The van der Waals surface area contributed by atoms with Crippen molar-refractivity contribution < 1.29 is 4.39 Å². The van der Waals surface area contributed by atoms with E-state index in [1.54, 1.807) is 0 Å². The van der Waals surface area contributed by atoms with Gasteiger partial charge in [0, 0.05) is 0 Å². The first-order chi connectivity index (χ1) is 7.59. The predicted octanol–water partition coefficient (Wildman–Crippen LogP) is 5.08. The summed E-state index contributed by atoms with van der Waals surface area (Å²) in [6.07, 6.45) is 4.60. The molecule has 1 aliphatic carbocycles. The molecule has 2 heteroatoms. The third-order valence-electron chi connectivity index (χ3n) is 3.76. The van der Waals surface area contributed by atoms with Gasteiger partial charge in [0.05, 0.1) is 5.02 Å². The van der Waals surface area contributed by atoms with Gasteiger partial charge in [-0.25, -0.2) is 4.39 Å². The SMILES string of the molecule is Cc1ccc(C2CCC(C)CC2)c(F)c1Cl. The largest absolute Gasteiger partial charge is 0.205 e. The van der Waals surface area contributed by atoms with Crippen LogP contribution in [-0.4, -0.2) is 0 Å². The summed E-state index contributed by atoms with van der Waals surface area (Å²) >= 11 is 5.96. The molecule has 0 aromatic heterocycles. The van der Waals surface area contributed by atoms with Crippen LogP contribution in [0.2, 0.25) is 5.02 Å². The molecule has 1 aromatic carbocycles. The van der Waals surface area contributed by atoms with Crippen LogP contribution >= 0.6 is 11.6 Å². The zero-order valence-electron chi connectivity index (χ0n) is 9.89. The highest BCUT2D eigenvalue weighted by molar-refractivity contribution is 6.31. The molecule has 0 N–H and O–H groups in total. The highest BCUT2D eigenvalue weighted by Crippen LogP contribution is 2.38. The Labute approximate surface area is 102 Å². The molecule has 1 fully saturated rings. The molecule has 0 bridgehead atoms. The molecule has 0 unspecified atom stereocenters. The molecule has 0 amide bonds. The quantitative estimate of drug-likeness (QED) is 0.642. The van der Waals surface area contributed by atoms with Crippen molar-refractivity contribution >= 4 is 11.6 Å². The number of halogens is 2. The van der Waals surface area contributed by atoms with Gasteiger partial charge in [0.25, 0.3) is 0 Å². The van der Waals surface area contributed by atoms with Gasteiger partial charge in [-0.05, 0) is 42.7 Å². The number of hydrogen-bond donors (Lipinski definition) is 0. The van der Waals surface area contributed by atoms with Crippen molar-refractivity contribution in [3.8, 4) is 0 Å². The molecular formula is C14H18ClF. The van der Waals surface area contributed by atoms with Gasteiger partial charge in [0.1, 0.15) is 5.82 Å². The summed E-state index contributed by atoms with van der Waals surface area (Å²) in [6, 6.07) is 3.84. The molecular weight excluding hydrogens is 223 g/mol. The van der Waals surface area contributed by atoms with Gasteiger partial charge >= 0.3 is 0 Å². The Morgan fingerprint density at radius 1 is 1.19 bits per heavy atom. The van der Waals surface area contributed by atoms with Gasteiger partial charge in [-0.1, -0.05) is 43.5 Å². The summed E-state index contributed by atoms with van der Waals surface area (Å²) in [6.45, 7) is 4.12. The van der Waals surface area contributed by atoms with Crippen LogP contribution in [0.15, 0.2) is 12.1 Å². The molecule has 1 aliphatic rings. The Morgan fingerprint density at radius 2 is 1.81 bits per heavy atom. The van der Waals surface area contributed by atoms with Crippen LogP contribution in [0.3, 0.4) is 0 Å². The van der Waals surface area contributed by atoms with Crippen molar-refractivity contribution in [1.82, 2.24) is 0 Å².